The third-order valence-corrected chi connectivity index (χ3v) is 0.945. The lowest BCUT2D eigenvalue weighted by molar-refractivity contribution is -0.140. The lowest BCUT2D eigenvalue weighted by Crippen LogP contribution is -2.03. The number of rotatable bonds is 2. The van der Waals surface area contributed by atoms with Gasteiger partial charge in [0.15, 0.2) is 12.4 Å². The Hall–Kier alpha value is -1.19. The minimum Gasteiger partial charge on any atom is -0.461 e. The molecule has 0 N–H and O–H groups in total. The maximum atomic E-state index is 10.3. The van der Waals surface area contributed by atoms with Crippen molar-refractivity contribution < 1.29 is 19.0 Å². The first kappa shape index (κ1) is 6.92. The summed E-state index contributed by atoms with van der Waals surface area (Å²) >= 11 is 0. The Morgan fingerprint density at radius 1 is 1.90 bits per heavy atom. The summed E-state index contributed by atoms with van der Waals surface area (Å²) in [5, 5.41) is 0. The summed E-state index contributed by atoms with van der Waals surface area (Å²) in [7, 11) is 0. The molecule has 4 heteroatoms. The molecule has 4 nitrogen and oxygen atoms in total. The maximum Gasteiger partial charge on any atom is 0.303 e. The van der Waals surface area contributed by atoms with Crippen molar-refractivity contribution in [3.05, 3.63) is 12.0 Å². The van der Waals surface area contributed by atoms with Gasteiger partial charge in [0.05, 0.1) is 0 Å². The minimum atomic E-state index is -0.323. The summed E-state index contributed by atoms with van der Waals surface area (Å²) in [6.45, 7) is 1.72. The zero-order valence-electron chi connectivity index (χ0n) is 5.62. The summed E-state index contributed by atoms with van der Waals surface area (Å²) in [5.74, 6) is 0.228. The van der Waals surface area contributed by atoms with Gasteiger partial charge in [-0.3, -0.25) is 4.79 Å². The van der Waals surface area contributed by atoms with Gasteiger partial charge in [-0.15, -0.1) is 0 Å². The highest BCUT2D eigenvalue weighted by atomic mass is 16.7. The van der Waals surface area contributed by atoms with Crippen LogP contribution in [0.4, 0.5) is 0 Å². The molecule has 1 aliphatic rings. The first-order valence-electron chi connectivity index (χ1n) is 2.86. The summed E-state index contributed by atoms with van der Waals surface area (Å²) in [5.41, 5.74) is 0. The van der Waals surface area contributed by atoms with E-state index in [1.807, 2.05) is 0 Å². The molecule has 0 aromatic heterocycles. The Balaban J connectivity index is 2.19. The van der Waals surface area contributed by atoms with Crippen LogP contribution >= 0.6 is 0 Å². The van der Waals surface area contributed by atoms with E-state index < -0.39 is 0 Å². The van der Waals surface area contributed by atoms with Crippen molar-refractivity contribution in [3.63, 3.8) is 0 Å². The number of hydrogen-bond donors (Lipinski definition) is 0. The predicted octanol–water partition coefficient (Wildman–Crippen LogP) is 0.395. The Morgan fingerprint density at radius 2 is 2.70 bits per heavy atom. The van der Waals surface area contributed by atoms with Crippen molar-refractivity contribution in [2.24, 2.45) is 0 Å². The van der Waals surface area contributed by atoms with Crippen molar-refractivity contribution in [1.29, 1.82) is 0 Å². The van der Waals surface area contributed by atoms with E-state index in [9.17, 15) is 4.79 Å². The number of carbonyl (C=O) groups excluding carboxylic acids is 1. The molecule has 0 aromatic carbocycles. The van der Waals surface area contributed by atoms with Crippen LogP contribution in [-0.2, 0) is 19.0 Å². The molecule has 0 aromatic rings. The van der Waals surface area contributed by atoms with Crippen LogP contribution in [0.25, 0.3) is 0 Å². The Labute approximate surface area is 58.4 Å². The monoisotopic (exact) mass is 144 g/mol. The third-order valence-electron chi connectivity index (χ3n) is 0.945. The molecule has 0 atom stereocenters. The van der Waals surface area contributed by atoms with Gasteiger partial charge in [-0.2, -0.15) is 0 Å². The first-order valence-corrected chi connectivity index (χ1v) is 2.86. The average Bonchev–Trinajstić information content (AvgIpc) is 2.34. The molecule has 0 spiro atoms. The standard InChI is InChI=1S/C6H8O4/c1-5(7)9-3-6-2-8-4-10-6/h2H,3-4H2,1H3. The zero-order valence-corrected chi connectivity index (χ0v) is 5.62. The summed E-state index contributed by atoms with van der Waals surface area (Å²) in [6.07, 6.45) is 1.43. The lowest BCUT2D eigenvalue weighted by Gasteiger charge is -1.99. The van der Waals surface area contributed by atoms with Gasteiger partial charge in [0, 0.05) is 6.92 Å². The molecule has 0 bridgehead atoms. The van der Waals surface area contributed by atoms with Gasteiger partial charge in [0.2, 0.25) is 6.79 Å². The average molecular weight is 144 g/mol. The van der Waals surface area contributed by atoms with Gasteiger partial charge in [0.1, 0.15) is 6.26 Å². The van der Waals surface area contributed by atoms with Crippen molar-refractivity contribution in [1.82, 2.24) is 0 Å². The second-order valence-electron chi connectivity index (χ2n) is 1.79. The summed E-state index contributed by atoms with van der Waals surface area (Å²) < 4.78 is 14.2. The molecular formula is C6H8O4. The van der Waals surface area contributed by atoms with Crippen LogP contribution in [0.5, 0.6) is 0 Å². The first-order chi connectivity index (χ1) is 4.79. The Bertz CT molecular complexity index is 161. The largest absolute Gasteiger partial charge is 0.461 e. The van der Waals surface area contributed by atoms with Crippen LogP contribution in [0.3, 0.4) is 0 Å². The molecule has 0 saturated heterocycles. The van der Waals surface area contributed by atoms with E-state index in [2.05, 4.69) is 4.74 Å². The van der Waals surface area contributed by atoms with Gasteiger partial charge in [-0.05, 0) is 0 Å². The Kier molecular flexibility index (Phi) is 2.15. The van der Waals surface area contributed by atoms with Crippen molar-refractivity contribution >= 4 is 5.97 Å². The summed E-state index contributed by atoms with van der Waals surface area (Å²) in [4.78, 5) is 10.3. The van der Waals surface area contributed by atoms with Gasteiger partial charge in [0.25, 0.3) is 0 Å². The van der Waals surface area contributed by atoms with Crippen LogP contribution < -0.4 is 0 Å². The molecule has 1 aliphatic heterocycles. The van der Waals surface area contributed by atoms with Gasteiger partial charge >= 0.3 is 5.97 Å². The third kappa shape index (κ3) is 1.97. The fourth-order valence-electron chi connectivity index (χ4n) is 0.519. The fraction of sp³-hybridized carbons (Fsp3) is 0.500. The van der Waals surface area contributed by atoms with Crippen molar-refractivity contribution in [2.45, 2.75) is 6.92 Å². The summed E-state index contributed by atoms with van der Waals surface area (Å²) in [6, 6.07) is 0. The number of ether oxygens (including phenoxy) is 3. The number of esters is 1. The molecule has 0 unspecified atom stereocenters. The van der Waals surface area contributed by atoms with E-state index in [0.29, 0.717) is 5.76 Å². The second-order valence-corrected chi connectivity index (χ2v) is 1.79. The molecule has 0 amide bonds. The van der Waals surface area contributed by atoms with E-state index in [1.54, 1.807) is 0 Å². The lowest BCUT2D eigenvalue weighted by atomic mass is 10.6. The minimum absolute atomic E-state index is 0.162. The van der Waals surface area contributed by atoms with E-state index in [4.69, 9.17) is 9.47 Å². The normalized spacial score (nSPS) is 15.1. The van der Waals surface area contributed by atoms with E-state index >= 15 is 0 Å². The van der Waals surface area contributed by atoms with Crippen LogP contribution in [0.1, 0.15) is 6.92 Å². The molecular weight excluding hydrogens is 136 g/mol. The van der Waals surface area contributed by atoms with Gasteiger partial charge < -0.3 is 14.2 Å². The highest BCUT2D eigenvalue weighted by molar-refractivity contribution is 5.66. The number of carbonyl (C=O) groups is 1. The second kappa shape index (κ2) is 3.10. The van der Waals surface area contributed by atoms with E-state index in [1.165, 1.54) is 13.2 Å². The zero-order chi connectivity index (χ0) is 7.40. The molecule has 1 heterocycles. The molecule has 0 saturated carbocycles. The highest BCUT2D eigenvalue weighted by Crippen LogP contribution is 2.05. The van der Waals surface area contributed by atoms with Crippen LogP contribution in [0, 0.1) is 0 Å². The molecule has 0 radical (unpaired) electrons. The maximum absolute atomic E-state index is 10.3. The fourth-order valence-corrected chi connectivity index (χ4v) is 0.519. The van der Waals surface area contributed by atoms with Crippen LogP contribution in [0.2, 0.25) is 0 Å². The van der Waals surface area contributed by atoms with E-state index in [-0.39, 0.29) is 19.4 Å². The van der Waals surface area contributed by atoms with Crippen molar-refractivity contribution in [2.75, 3.05) is 13.4 Å². The molecule has 0 aliphatic carbocycles. The van der Waals surface area contributed by atoms with Crippen molar-refractivity contribution in [3.8, 4) is 0 Å². The topological polar surface area (TPSA) is 44.8 Å². The smallest absolute Gasteiger partial charge is 0.303 e. The van der Waals surface area contributed by atoms with Gasteiger partial charge in [-0.25, -0.2) is 0 Å². The quantitative estimate of drug-likeness (QED) is 0.526. The SMILES string of the molecule is CC(=O)OCC1=COCO1. The molecule has 56 valence electrons. The van der Waals surface area contributed by atoms with E-state index in [0.717, 1.165) is 0 Å². The predicted molar refractivity (Wildman–Crippen MR) is 31.8 cm³/mol. The highest BCUT2D eigenvalue weighted by Gasteiger charge is 2.06. The molecule has 10 heavy (non-hydrogen) atoms. The van der Waals surface area contributed by atoms with Crippen LogP contribution in [0.15, 0.2) is 12.0 Å². The molecule has 0 fully saturated rings. The Morgan fingerprint density at radius 3 is 3.20 bits per heavy atom. The molecule has 1 rings (SSSR count). The van der Waals surface area contributed by atoms with Crippen LogP contribution in [-0.4, -0.2) is 19.4 Å². The van der Waals surface area contributed by atoms with Gasteiger partial charge in [-0.1, -0.05) is 0 Å². The number of hydrogen-bond acceptors (Lipinski definition) is 4.